The molecule has 0 spiro atoms. The Bertz CT molecular complexity index is 2130. The first-order chi connectivity index (χ1) is 25.3. The van der Waals surface area contributed by atoms with Crippen molar-refractivity contribution in [1.29, 1.82) is 5.41 Å². The number of aliphatic hydroxyl groups is 2. The second-order valence-corrected chi connectivity index (χ2v) is 15.2. The molecule has 0 radical (unpaired) electrons. The van der Waals surface area contributed by atoms with Crippen LogP contribution in [0.2, 0.25) is 0 Å². The number of amides is 2. The molecule has 4 atom stereocenters. The van der Waals surface area contributed by atoms with Gasteiger partial charge < -0.3 is 50.8 Å². The highest BCUT2D eigenvalue weighted by atomic mass is 32.3. The number of β-lactam (4-membered cyclic amide) rings is 1. The van der Waals surface area contributed by atoms with Crippen LogP contribution in [-0.2, 0) is 53.4 Å². The number of carboxylic acids is 1. The highest BCUT2D eigenvalue weighted by molar-refractivity contribution is 7.80. The summed E-state index contributed by atoms with van der Waals surface area (Å²) in [6.07, 6.45) is 0.583. The highest BCUT2D eigenvalue weighted by Crippen LogP contribution is 2.37. The van der Waals surface area contributed by atoms with E-state index in [0.29, 0.717) is 53.6 Å². The number of carbonyl (C=O) groups excluding carboxylic acids is 2. The van der Waals surface area contributed by atoms with E-state index in [-0.39, 0.29) is 29.4 Å². The molecule has 21 nitrogen and oxygen atoms in total. The van der Waals surface area contributed by atoms with E-state index in [0.717, 1.165) is 11.3 Å². The van der Waals surface area contributed by atoms with E-state index in [1.54, 1.807) is 27.5 Å². The van der Waals surface area contributed by atoms with Crippen LogP contribution in [0.15, 0.2) is 34.9 Å². The molecule has 0 bridgehead atoms. The first kappa shape index (κ1) is 40.3. The number of aromatic nitrogens is 3. The van der Waals surface area contributed by atoms with Crippen molar-refractivity contribution in [2.24, 2.45) is 10.9 Å². The molecule has 1 saturated heterocycles. The number of oxime groups is 1. The molecule has 4 heterocycles. The Kier molecular flexibility index (Phi) is 11.5. The largest absolute Gasteiger partial charge is 0.485 e. The number of aryl methyl sites for hydroxylation is 2. The van der Waals surface area contributed by atoms with E-state index in [4.69, 9.17) is 31.0 Å². The van der Waals surface area contributed by atoms with E-state index >= 15 is 0 Å². The Balaban J connectivity index is 1.39. The number of carbonyl (C=O) groups is 3. The quantitative estimate of drug-likeness (QED) is 0.0372. The number of benzene rings is 1. The Morgan fingerprint density at radius 1 is 1.33 bits per heavy atom. The zero-order valence-corrected chi connectivity index (χ0v) is 31.0. The number of nitrogens with two attached hydrogens (primary N) is 2. The van der Waals surface area contributed by atoms with Gasteiger partial charge in [-0.1, -0.05) is 5.16 Å². The lowest BCUT2D eigenvalue weighted by Crippen LogP contribution is -2.76. The molecule has 54 heavy (non-hydrogen) atoms. The lowest BCUT2D eigenvalue weighted by molar-refractivity contribution is -0.218. The van der Waals surface area contributed by atoms with Gasteiger partial charge in [0.15, 0.2) is 16.9 Å². The molecule has 0 saturated carbocycles. The van der Waals surface area contributed by atoms with E-state index in [1.165, 1.54) is 26.2 Å². The average Bonchev–Trinajstić information content (AvgIpc) is 3.69. The smallest absolute Gasteiger partial charge is 0.418 e. The molecule has 1 fully saturated rings. The van der Waals surface area contributed by atoms with Gasteiger partial charge in [0, 0.05) is 23.7 Å². The van der Waals surface area contributed by atoms with Crippen molar-refractivity contribution in [1.82, 2.24) is 24.5 Å². The fraction of sp³-hybridized carbons (Fsp3) is 0.484. The number of rotatable bonds is 16. The first-order valence-corrected chi connectivity index (χ1v) is 18.7. The summed E-state index contributed by atoms with van der Waals surface area (Å²) in [5, 5.41) is 46.7. The summed E-state index contributed by atoms with van der Waals surface area (Å²) in [5.74, 6) is -3.20. The Morgan fingerprint density at radius 2 is 2.06 bits per heavy atom. The summed E-state index contributed by atoms with van der Waals surface area (Å²) in [6.45, 7) is 4.28. The van der Waals surface area contributed by atoms with Gasteiger partial charge in [-0.3, -0.25) is 19.6 Å². The van der Waals surface area contributed by atoms with Gasteiger partial charge in [0.25, 0.3) is 17.4 Å². The van der Waals surface area contributed by atoms with Gasteiger partial charge in [-0.25, -0.2) is 9.78 Å². The van der Waals surface area contributed by atoms with Crippen molar-refractivity contribution in [3.8, 4) is 17.0 Å². The first-order valence-electron chi connectivity index (χ1n) is 16.5. The Hall–Kier alpha value is -4.91. The van der Waals surface area contributed by atoms with Gasteiger partial charge in [-0.2, -0.15) is 13.5 Å². The van der Waals surface area contributed by atoms with Crippen molar-refractivity contribution < 1.29 is 56.5 Å². The fourth-order valence-corrected chi connectivity index (χ4v) is 7.00. The molecule has 10 N–H and O–H groups in total. The number of hydroxylamine groups is 2. The van der Waals surface area contributed by atoms with Crippen LogP contribution in [0.3, 0.4) is 0 Å². The number of nitrogens with one attached hydrogen (secondary N) is 2. The summed E-state index contributed by atoms with van der Waals surface area (Å²) in [4.78, 5) is 48.6. The summed E-state index contributed by atoms with van der Waals surface area (Å²) >= 11 is 0.943. The van der Waals surface area contributed by atoms with Gasteiger partial charge in [0.05, 0.1) is 30.5 Å². The predicted molar refractivity (Wildman–Crippen MR) is 189 cm³/mol. The molecule has 294 valence electrons. The third-order valence-corrected chi connectivity index (χ3v) is 10.1. The van der Waals surface area contributed by atoms with Crippen molar-refractivity contribution in [2.45, 2.75) is 82.5 Å². The third-order valence-electron chi connectivity index (χ3n) is 9.07. The maximum Gasteiger partial charge on any atom is 0.418 e. The van der Waals surface area contributed by atoms with Crippen LogP contribution in [0.25, 0.3) is 11.3 Å². The molecule has 5 rings (SSSR count). The van der Waals surface area contributed by atoms with Gasteiger partial charge in [0.2, 0.25) is 5.62 Å². The zero-order valence-electron chi connectivity index (χ0n) is 29.3. The van der Waals surface area contributed by atoms with Crippen molar-refractivity contribution in [2.75, 3.05) is 18.9 Å². The normalized spacial score (nSPS) is 19.9. The van der Waals surface area contributed by atoms with Crippen molar-refractivity contribution >= 4 is 50.4 Å². The third kappa shape index (κ3) is 8.11. The number of carboxylic acid groups (broad SMARTS) is 1. The standard InChI is InChI=1S/C31H41N9O12S2/c1-30(2)24(26(44)40(30)52-54(47,48)49)36-25(43)23(19-15-53-28(33)35-19)37-51-31(3,27(45)46)22-8-6-17-11-16(5-7-21(17)50-22)20-13-38(10-4-9-32)29(34)39(20)12-18(42)14-41/h5,7,11,13,15,18,22,24,34,41-42H,4,6,8-10,12,14,32H2,1-3H3,(H2,33,35)(H,36,43)(H,45,46)(H,47,48,49)/b34-29?,37-23-/t18?,22-,24-,31?/m1/s1. The SMILES string of the molecule is CC(O/N=C(\C(=O)N[C@@H]1C(=O)N(OS(=O)(=O)O)C1(C)C)c1csc(N)n1)(C(=O)O)[C@H]1CCc2cc(-c3cn(CCCN)c(=N)n3CC(O)CO)ccc2O1. The number of aliphatic hydroxyl groups excluding tert-OH is 2. The van der Waals surface area contributed by atoms with E-state index < -0.39 is 69.9 Å². The molecule has 0 aliphatic carbocycles. The number of anilines is 1. The van der Waals surface area contributed by atoms with Gasteiger partial charge in [0.1, 0.15) is 17.5 Å². The summed E-state index contributed by atoms with van der Waals surface area (Å²) in [6, 6.07) is 3.81. The molecular formula is C31H41N9O12S2. The van der Waals surface area contributed by atoms with E-state index in [9.17, 15) is 38.1 Å². The van der Waals surface area contributed by atoms with Crippen molar-refractivity contribution in [3.05, 3.63) is 46.7 Å². The average molecular weight is 796 g/mol. The maximum absolute atomic E-state index is 13.5. The van der Waals surface area contributed by atoms with E-state index in [2.05, 4.69) is 19.7 Å². The fourth-order valence-electron chi connectivity index (χ4n) is 6.00. The minimum atomic E-state index is -5.05. The molecule has 3 aromatic rings. The zero-order chi connectivity index (χ0) is 39.7. The Morgan fingerprint density at radius 3 is 2.65 bits per heavy atom. The van der Waals surface area contributed by atoms with E-state index in [1.807, 2.05) is 6.07 Å². The lowest BCUT2D eigenvalue weighted by atomic mass is 9.84. The van der Waals surface area contributed by atoms with Crippen LogP contribution < -0.4 is 27.1 Å². The number of nitrogen functional groups attached to an aromatic ring is 1. The van der Waals surface area contributed by atoms with Gasteiger partial charge in [-0.05, 0) is 70.3 Å². The summed E-state index contributed by atoms with van der Waals surface area (Å²) in [5.41, 5.74) is 9.23. The number of imidazole rings is 1. The van der Waals surface area contributed by atoms with Crippen LogP contribution >= 0.6 is 11.3 Å². The number of aliphatic carboxylic acids is 1. The van der Waals surface area contributed by atoms with Crippen LogP contribution in [0.4, 0.5) is 5.13 Å². The molecule has 2 aliphatic heterocycles. The second-order valence-electron chi connectivity index (χ2n) is 13.3. The lowest BCUT2D eigenvalue weighted by Gasteiger charge is -2.50. The molecule has 23 heteroatoms. The van der Waals surface area contributed by atoms with Crippen LogP contribution in [0.1, 0.15) is 44.9 Å². The molecule has 2 unspecified atom stereocenters. The molecule has 1 aromatic carbocycles. The van der Waals surface area contributed by atoms with Crippen LogP contribution in [0, 0.1) is 5.41 Å². The molecule has 2 amide bonds. The Labute approximate surface area is 312 Å². The number of fused-ring (bicyclic) bond motifs is 1. The summed E-state index contributed by atoms with van der Waals surface area (Å²) in [7, 11) is -5.05. The van der Waals surface area contributed by atoms with Crippen LogP contribution in [0.5, 0.6) is 5.75 Å². The molecular weight excluding hydrogens is 755 g/mol. The maximum atomic E-state index is 13.5. The molecule has 2 aliphatic rings. The number of ether oxygens (including phenoxy) is 1. The monoisotopic (exact) mass is 795 g/mol. The topological polar surface area (TPSA) is 320 Å². The molecule has 2 aromatic heterocycles. The van der Waals surface area contributed by atoms with Crippen molar-refractivity contribution in [3.63, 3.8) is 0 Å². The minimum Gasteiger partial charge on any atom is -0.485 e. The minimum absolute atomic E-state index is 0.0338. The summed E-state index contributed by atoms with van der Waals surface area (Å²) < 4.78 is 45.2. The number of hydrogen-bond acceptors (Lipinski definition) is 16. The number of hydrogen-bond donors (Lipinski definition) is 8. The highest BCUT2D eigenvalue weighted by Gasteiger charge is 2.58. The number of nitrogens with zero attached hydrogens (tertiary/aromatic N) is 5. The van der Waals surface area contributed by atoms with Gasteiger partial charge >= 0.3 is 16.4 Å². The predicted octanol–water partition coefficient (Wildman–Crippen LogP) is -1.03. The number of thiazole rings is 1. The second kappa shape index (κ2) is 15.4. The van der Waals surface area contributed by atoms with Crippen LogP contribution in [-0.4, -0.2) is 114 Å². The van der Waals surface area contributed by atoms with Gasteiger partial charge in [-0.15, -0.1) is 15.6 Å².